The van der Waals surface area contributed by atoms with Crippen LogP contribution in [-0.2, 0) is 26.2 Å². The summed E-state index contributed by atoms with van der Waals surface area (Å²) in [6, 6.07) is 14.3. The molecule has 164 valence electrons. The van der Waals surface area contributed by atoms with Crippen molar-refractivity contribution in [3.63, 3.8) is 0 Å². The number of carbonyl (C=O) groups excluding carboxylic acids is 1. The Bertz CT molecular complexity index is 1310. The van der Waals surface area contributed by atoms with Crippen molar-refractivity contribution >= 4 is 33.2 Å². The van der Waals surface area contributed by atoms with Crippen LogP contribution < -0.4 is 0 Å². The number of hydrogen-bond donors (Lipinski definition) is 0. The van der Waals surface area contributed by atoms with Gasteiger partial charge in [-0.3, -0.25) is 0 Å². The fourth-order valence-electron chi connectivity index (χ4n) is 4.00. The molecule has 7 nitrogen and oxygen atoms in total. The Labute approximate surface area is 190 Å². The second-order valence-electron chi connectivity index (χ2n) is 7.86. The monoisotopic (exact) mass is 467 g/mol. The first-order chi connectivity index (χ1) is 15.4. The first-order valence-electron chi connectivity index (χ1n) is 10.3. The number of likely N-dealkylation sites (tertiary alicyclic amines) is 1. The number of esters is 1. The molecule has 1 saturated heterocycles. The van der Waals surface area contributed by atoms with E-state index < -0.39 is 22.0 Å². The average molecular weight is 468 g/mol. The van der Waals surface area contributed by atoms with Gasteiger partial charge in [0.05, 0.1) is 5.69 Å². The van der Waals surface area contributed by atoms with Crippen LogP contribution in [0.2, 0.25) is 0 Å². The highest BCUT2D eigenvalue weighted by Crippen LogP contribution is 2.31. The molecule has 0 spiro atoms. The maximum atomic E-state index is 12.9. The molecule has 2 aliphatic heterocycles. The molecule has 3 aromatic rings. The van der Waals surface area contributed by atoms with E-state index in [9.17, 15) is 13.2 Å². The molecule has 9 heteroatoms. The Morgan fingerprint density at radius 1 is 1.19 bits per heavy atom. The average Bonchev–Trinajstić information content (AvgIpc) is 3.51. The maximum Gasteiger partial charge on any atom is 0.329 e. The van der Waals surface area contributed by atoms with Gasteiger partial charge in [0, 0.05) is 23.1 Å². The third kappa shape index (κ3) is 3.82. The molecule has 0 N–H and O–H groups in total. The fraction of sp³-hybridized carbons (Fsp3) is 0.261. The molecule has 0 bridgehead atoms. The van der Waals surface area contributed by atoms with E-state index in [1.165, 1.54) is 16.9 Å². The number of ether oxygens (including phenoxy) is 1. The van der Waals surface area contributed by atoms with Crippen LogP contribution in [0.5, 0.6) is 0 Å². The predicted molar refractivity (Wildman–Crippen MR) is 122 cm³/mol. The zero-order chi connectivity index (χ0) is 22.3. The van der Waals surface area contributed by atoms with Crippen molar-refractivity contribution in [3.8, 4) is 10.6 Å². The minimum absolute atomic E-state index is 0.0763. The summed E-state index contributed by atoms with van der Waals surface area (Å²) in [6.07, 6.45) is 1.35. The van der Waals surface area contributed by atoms with Crippen molar-refractivity contribution < 1.29 is 17.9 Å². The highest BCUT2D eigenvalue weighted by molar-refractivity contribution is 7.90. The predicted octanol–water partition coefficient (Wildman–Crippen LogP) is 3.78. The van der Waals surface area contributed by atoms with E-state index in [-0.39, 0.29) is 11.5 Å². The number of amidine groups is 1. The summed E-state index contributed by atoms with van der Waals surface area (Å²) in [7, 11) is -3.74. The van der Waals surface area contributed by atoms with Crippen LogP contribution in [0.3, 0.4) is 0 Å². The van der Waals surface area contributed by atoms with Crippen LogP contribution in [0.25, 0.3) is 10.6 Å². The first kappa shape index (κ1) is 20.8. The van der Waals surface area contributed by atoms with Crippen molar-refractivity contribution in [2.24, 2.45) is 4.40 Å². The van der Waals surface area contributed by atoms with Gasteiger partial charge in [0.1, 0.15) is 22.6 Å². The molecule has 2 aromatic carbocycles. The molecule has 0 amide bonds. The van der Waals surface area contributed by atoms with E-state index in [2.05, 4.69) is 9.38 Å². The number of rotatable bonds is 4. The highest BCUT2D eigenvalue weighted by Gasteiger charge is 2.39. The molecule has 3 heterocycles. The summed E-state index contributed by atoms with van der Waals surface area (Å²) in [4.78, 5) is 19.4. The van der Waals surface area contributed by atoms with Crippen LogP contribution in [-0.4, -0.2) is 42.7 Å². The second kappa shape index (κ2) is 8.14. The van der Waals surface area contributed by atoms with E-state index in [4.69, 9.17) is 4.74 Å². The molecule has 2 aliphatic rings. The Hall–Kier alpha value is -3.04. The molecule has 0 aliphatic carbocycles. The van der Waals surface area contributed by atoms with E-state index in [1.54, 1.807) is 29.2 Å². The molecule has 1 unspecified atom stereocenters. The van der Waals surface area contributed by atoms with Gasteiger partial charge in [-0.2, -0.15) is 8.42 Å². The lowest BCUT2D eigenvalue weighted by atomic mass is 10.1. The van der Waals surface area contributed by atoms with Crippen molar-refractivity contribution in [1.82, 2.24) is 9.88 Å². The summed E-state index contributed by atoms with van der Waals surface area (Å²) < 4.78 is 34.3. The first-order valence-corrected chi connectivity index (χ1v) is 12.6. The molecule has 5 rings (SSSR count). The van der Waals surface area contributed by atoms with Gasteiger partial charge in [-0.15, -0.1) is 15.7 Å². The SMILES string of the molecule is Cc1ccc(-c2nc(COC(=O)C3CCCN3C3=NS(=O)(=O)c4ccccc43)cs2)cc1. The molecule has 1 fully saturated rings. The lowest BCUT2D eigenvalue weighted by Gasteiger charge is -2.24. The number of nitrogens with zero attached hydrogens (tertiary/aromatic N) is 3. The molecule has 0 radical (unpaired) electrons. The third-order valence-electron chi connectivity index (χ3n) is 5.62. The van der Waals surface area contributed by atoms with Crippen LogP contribution in [0.4, 0.5) is 0 Å². The Morgan fingerprint density at radius 2 is 1.97 bits per heavy atom. The van der Waals surface area contributed by atoms with Gasteiger partial charge in [0.25, 0.3) is 10.0 Å². The zero-order valence-electron chi connectivity index (χ0n) is 17.4. The summed E-state index contributed by atoms with van der Waals surface area (Å²) in [5.74, 6) is -0.0627. The van der Waals surface area contributed by atoms with Crippen molar-refractivity contribution in [3.05, 3.63) is 70.7 Å². The smallest absolute Gasteiger partial charge is 0.329 e. The van der Waals surface area contributed by atoms with Crippen molar-refractivity contribution in [2.45, 2.75) is 37.3 Å². The van der Waals surface area contributed by atoms with Gasteiger partial charge in [-0.05, 0) is 31.9 Å². The number of sulfonamides is 1. The number of carbonyl (C=O) groups is 1. The number of hydrogen-bond acceptors (Lipinski definition) is 7. The van der Waals surface area contributed by atoms with Gasteiger partial charge in [-0.25, -0.2) is 9.78 Å². The number of benzene rings is 2. The van der Waals surface area contributed by atoms with Gasteiger partial charge in [0.2, 0.25) is 0 Å². The molecular formula is C23H21N3O4S2. The lowest BCUT2D eigenvalue weighted by molar-refractivity contribution is -0.149. The lowest BCUT2D eigenvalue weighted by Crippen LogP contribution is -2.41. The highest BCUT2D eigenvalue weighted by atomic mass is 32.2. The number of aryl methyl sites for hydroxylation is 1. The summed E-state index contributed by atoms with van der Waals surface area (Å²) in [6.45, 7) is 2.66. The van der Waals surface area contributed by atoms with E-state index in [1.807, 2.05) is 36.6 Å². The van der Waals surface area contributed by atoms with Gasteiger partial charge in [-0.1, -0.05) is 42.0 Å². The standard InChI is InChI=1S/C23H21N3O4S2/c1-15-8-10-16(11-9-15)22-24-17(14-31-22)13-30-23(27)19-6-4-12-26(19)21-18-5-2-3-7-20(18)32(28,29)25-21/h2-3,5,7-11,14,19H,4,6,12-13H2,1H3. The molecule has 1 atom stereocenters. The molecule has 0 saturated carbocycles. The topological polar surface area (TPSA) is 88.9 Å². The number of thiazole rings is 1. The Balaban J connectivity index is 1.29. The quantitative estimate of drug-likeness (QED) is 0.543. The van der Waals surface area contributed by atoms with Crippen LogP contribution in [0.1, 0.15) is 29.7 Å². The van der Waals surface area contributed by atoms with E-state index in [0.29, 0.717) is 30.1 Å². The van der Waals surface area contributed by atoms with Crippen molar-refractivity contribution in [2.75, 3.05) is 6.54 Å². The van der Waals surface area contributed by atoms with Gasteiger partial charge < -0.3 is 9.64 Å². The minimum atomic E-state index is -3.74. The van der Waals surface area contributed by atoms with Crippen LogP contribution in [0.15, 0.2) is 63.2 Å². The van der Waals surface area contributed by atoms with Gasteiger partial charge in [0.15, 0.2) is 5.84 Å². The second-order valence-corrected chi connectivity index (χ2v) is 10.3. The molecule has 32 heavy (non-hydrogen) atoms. The summed E-state index contributed by atoms with van der Waals surface area (Å²) in [5, 5.41) is 2.76. The number of aromatic nitrogens is 1. The number of fused-ring (bicyclic) bond motifs is 1. The summed E-state index contributed by atoms with van der Waals surface area (Å²) >= 11 is 1.51. The zero-order valence-corrected chi connectivity index (χ0v) is 19.0. The van der Waals surface area contributed by atoms with E-state index >= 15 is 0 Å². The Morgan fingerprint density at radius 3 is 2.78 bits per heavy atom. The van der Waals surface area contributed by atoms with Crippen molar-refractivity contribution in [1.29, 1.82) is 0 Å². The molecule has 1 aromatic heterocycles. The van der Waals surface area contributed by atoms with Crippen LogP contribution >= 0.6 is 11.3 Å². The molecular weight excluding hydrogens is 446 g/mol. The minimum Gasteiger partial charge on any atom is -0.458 e. The maximum absolute atomic E-state index is 12.9. The normalized spacial score (nSPS) is 19.0. The van der Waals surface area contributed by atoms with Crippen LogP contribution in [0, 0.1) is 6.92 Å². The van der Waals surface area contributed by atoms with Gasteiger partial charge >= 0.3 is 5.97 Å². The largest absolute Gasteiger partial charge is 0.458 e. The van der Waals surface area contributed by atoms with E-state index in [0.717, 1.165) is 17.0 Å². The fourth-order valence-corrected chi connectivity index (χ4v) is 6.03. The third-order valence-corrected chi connectivity index (χ3v) is 7.89. The Kier molecular flexibility index (Phi) is 5.30. The summed E-state index contributed by atoms with van der Waals surface area (Å²) in [5.41, 5.74) is 3.44.